The molecule has 1 fully saturated rings. The van der Waals surface area contributed by atoms with Crippen molar-refractivity contribution >= 4 is 21.7 Å². The third kappa shape index (κ3) is 2.23. The average molecular weight is 285 g/mol. The summed E-state index contributed by atoms with van der Waals surface area (Å²) in [5, 5.41) is 0. The van der Waals surface area contributed by atoms with Gasteiger partial charge in [-0.1, -0.05) is 0 Å². The minimum absolute atomic E-state index is 0.00300. The van der Waals surface area contributed by atoms with Crippen LogP contribution in [0.4, 0.5) is 5.82 Å². The summed E-state index contributed by atoms with van der Waals surface area (Å²) in [6, 6.07) is 2.11. The van der Waals surface area contributed by atoms with Crippen LogP contribution in [0.5, 0.6) is 0 Å². The Morgan fingerprint density at radius 3 is 2.88 bits per heavy atom. The molecule has 1 aromatic rings. The fraction of sp³-hybridized carbons (Fsp3) is 0.583. The molecule has 2 heterocycles. The molecule has 16 heavy (non-hydrogen) atoms. The van der Waals surface area contributed by atoms with Gasteiger partial charge in [0.2, 0.25) is 0 Å². The maximum Gasteiger partial charge on any atom is 0.143 e. The van der Waals surface area contributed by atoms with Gasteiger partial charge in [0.25, 0.3) is 0 Å². The third-order valence-corrected chi connectivity index (χ3v) is 3.44. The summed E-state index contributed by atoms with van der Waals surface area (Å²) in [5.41, 5.74) is 1.17. The molecule has 0 unspecified atom stereocenters. The van der Waals surface area contributed by atoms with E-state index in [1.165, 1.54) is 5.56 Å². The molecule has 0 N–H and O–H groups in total. The summed E-state index contributed by atoms with van der Waals surface area (Å²) in [7, 11) is 0. The first-order chi connectivity index (χ1) is 7.50. The summed E-state index contributed by atoms with van der Waals surface area (Å²) in [6.07, 6.45) is 1.91. The summed E-state index contributed by atoms with van der Waals surface area (Å²) in [6.45, 7) is 8.81. The Morgan fingerprint density at radius 2 is 2.25 bits per heavy atom. The van der Waals surface area contributed by atoms with E-state index in [0.717, 1.165) is 30.0 Å². The van der Waals surface area contributed by atoms with Crippen LogP contribution < -0.4 is 4.90 Å². The molecular formula is C12H17BrN2O. The topological polar surface area (TPSA) is 25.4 Å². The van der Waals surface area contributed by atoms with Crippen LogP contribution in [0.2, 0.25) is 0 Å². The molecular weight excluding hydrogens is 268 g/mol. The molecule has 0 aliphatic carbocycles. The zero-order valence-electron chi connectivity index (χ0n) is 9.96. The Hall–Kier alpha value is -0.610. The number of morpholine rings is 1. The largest absolute Gasteiger partial charge is 0.377 e. The maximum absolute atomic E-state index is 5.52. The van der Waals surface area contributed by atoms with E-state index in [1.54, 1.807) is 0 Å². The van der Waals surface area contributed by atoms with E-state index in [2.05, 4.69) is 45.7 Å². The van der Waals surface area contributed by atoms with Crippen LogP contribution in [0.15, 0.2) is 16.7 Å². The van der Waals surface area contributed by atoms with Gasteiger partial charge in [-0.3, -0.25) is 0 Å². The van der Waals surface area contributed by atoms with E-state index >= 15 is 0 Å². The average Bonchev–Trinajstić information content (AvgIpc) is 2.19. The number of aryl methyl sites for hydroxylation is 1. The molecule has 0 aromatic carbocycles. The number of ether oxygens (including phenoxy) is 1. The van der Waals surface area contributed by atoms with E-state index in [9.17, 15) is 0 Å². The molecule has 2 rings (SSSR count). The third-order valence-electron chi connectivity index (χ3n) is 2.86. The lowest BCUT2D eigenvalue weighted by atomic mass is 10.0. The fourth-order valence-electron chi connectivity index (χ4n) is 1.98. The van der Waals surface area contributed by atoms with E-state index in [4.69, 9.17) is 4.74 Å². The minimum Gasteiger partial charge on any atom is -0.377 e. The molecule has 0 atom stereocenters. The smallest absolute Gasteiger partial charge is 0.143 e. The summed E-state index contributed by atoms with van der Waals surface area (Å²) < 4.78 is 6.57. The number of halogens is 1. The standard InChI is InChI=1S/C12H17BrN2O/c1-9-6-10(13)11(14-7-9)15-4-5-16-8-12(15,2)3/h6-7H,4-5,8H2,1-3H3. The number of hydrogen-bond donors (Lipinski definition) is 0. The molecule has 1 aliphatic heterocycles. The van der Waals surface area contributed by atoms with Gasteiger partial charge in [0, 0.05) is 12.7 Å². The lowest BCUT2D eigenvalue weighted by molar-refractivity contribution is 0.0638. The van der Waals surface area contributed by atoms with Crippen LogP contribution in [-0.2, 0) is 4.74 Å². The first kappa shape index (κ1) is 11.9. The predicted molar refractivity (Wildman–Crippen MR) is 68.9 cm³/mol. The molecule has 1 aromatic heterocycles. The number of anilines is 1. The van der Waals surface area contributed by atoms with Crippen molar-refractivity contribution in [3.63, 3.8) is 0 Å². The van der Waals surface area contributed by atoms with E-state index < -0.39 is 0 Å². The van der Waals surface area contributed by atoms with Gasteiger partial charge >= 0.3 is 0 Å². The number of hydrogen-bond acceptors (Lipinski definition) is 3. The highest BCUT2D eigenvalue weighted by Gasteiger charge is 2.32. The first-order valence-corrected chi connectivity index (χ1v) is 6.27. The lowest BCUT2D eigenvalue weighted by Gasteiger charge is -2.43. The molecule has 0 radical (unpaired) electrons. The highest BCUT2D eigenvalue weighted by molar-refractivity contribution is 9.10. The molecule has 88 valence electrons. The van der Waals surface area contributed by atoms with Crippen molar-refractivity contribution in [2.75, 3.05) is 24.7 Å². The minimum atomic E-state index is 0.00300. The van der Waals surface area contributed by atoms with Crippen LogP contribution in [0.25, 0.3) is 0 Å². The second kappa shape index (κ2) is 4.34. The van der Waals surface area contributed by atoms with Crippen molar-refractivity contribution in [3.8, 4) is 0 Å². The number of nitrogens with zero attached hydrogens (tertiary/aromatic N) is 2. The molecule has 0 saturated carbocycles. The van der Waals surface area contributed by atoms with Crippen molar-refractivity contribution in [1.29, 1.82) is 0 Å². The van der Waals surface area contributed by atoms with Crippen molar-refractivity contribution in [3.05, 3.63) is 22.3 Å². The Morgan fingerprint density at radius 1 is 1.50 bits per heavy atom. The van der Waals surface area contributed by atoms with Crippen LogP contribution >= 0.6 is 15.9 Å². The maximum atomic E-state index is 5.52. The van der Waals surface area contributed by atoms with Crippen molar-refractivity contribution in [2.24, 2.45) is 0 Å². The summed E-state index contributed by atoms with van der Waals surface area (Å²) in [4.78, 5) is 6.83. The normalized spacial score (nSPS) is 19.9. The molecule has 0 spiro atoms. The van der Waals surface area contributed by atoms with Gasteiger partial charge in [-0.15, -0.1) is 0 Å². The molecule has 1 aliphatic rings. The lowest BCUT2D eigenvalue weighted by Crippen LogP contribution is -2.53. The Kier molecular flexibility index (Phi) is 3.22. The summed E-state index contributed by atoms with van der Waals surface area (Å²) in [5.74, 6) is 1.01. The Bertz CT molecular complexity index is 393. The van der Waals surface area contributed by atoms with Gasteiger partial charge < -0.3 is 9.64 Å². The molecule has 0 bridgehead atoms. The van der Waals surface area contributed by atoms with E-state index in [-0.39, 0.29) is 5.54 Å². The van der Waals surface area contributed by atoms with Gasteiger partial charge in [0.1, 0.15) is 5.82 Å². The van der Waals surface area contributed by atoms with Gasteiger partial charge in [0.05, 0.1) is 23.2 Å². The molecule has 1 saturated heterocycles. The van der Waals surface area contributed by atoms with Crippen molar-refractivity contribution in [2.45, 2.75) is 26.3 Å². The van der Waals surface area contributed by atoms with Gasteiger partial charge in [-0.2, -0.15) is 0 Å². The number of aromatic nitrogens is 1. The fourth-order valence-corrected chi connectivity index (χ4v) is 2.65. The zero-order chi connectivity index (χ0) is 11.8. The van der Waals surface area contributed by atoms with Gasteiger partial charge in [-0.25, -0.2) is 4.98 Å². The highest BCUT2D eigenvalue weighted by atomic mass is 79.9. The van der Waals surface area contributed by atoms with Crippen molar-refractivity contribution in [1.82, 2.24) is 4.98 Å². The number of rotatable bonds is 1. The second-order valence-electron chi connectivity index (χ2n) is 4.83. The Labute approximate surface area is 105 Å². The number of pyridine rings is 1. The van der Waals surface area contributed by atoms with E-state index in [0.29, 0.717) is 0 Å². The molecule has 4 heteroatoms. The first-order valence-electron chi connectivity index (χ1n) is 5.48. The van der Waals surface area contributed by atoms with E-state index in [1.807, 2.05) is 13.1 Å². The molecule has 3 nitrogen and oxygen atoms in total. The highest BCUT2D eigenvalue weighted by Crippen LogP contribution is 2.31. The zero-order valence-corrected chi connectivity index (χ0v) is 11.5. The van der Waals surface area contributed by atoms with Crippen LogP contribution in [0.1, 0.15) is 19.4 Å². The van der Waals surface area contributed by atoms with Crippen LogP contribution in [0.3, 0.4) is 0 Å². The predicted octanol–water partition coefficient (Wildman–Crippen LogP) is 2.77. The quantitative estimate of drug-likeness (QED) is 0.793. The van der Waals surface area contributed by atoms with Gasteiger partial charge in [-0.05, 0) is 48.3 Å². The SMILES string of the molecule is Cc1cnc(N2CCOCC2(C)C)c(Br)c1. The summed E-state index contributed by atoms with van der Waals surface area (Å²) >= 11 is 3.59. The Balaban J connectivity index is 2.35. The van der Waals surface area contributed by atoms with Crippen LogP contribution in [-0.4, -0.2) is 30.3 Å². The van der Waals surface area contributed by atoms with Crippen LogP contribution in [0, 0.1) is 6.92 Å². The second-order valence-corrected chi connectivity index (χ2v) is 5.69. The van der Waals surface area contributed by atoms with Crippen molar-refractivity contribution < 1.29 is 4.74 Å². The van der Waals surface area contributed by atoms with Gasteiger partial charge in [0.15, 0.2) is 0 Å². The molecule has 0 amide bonds. The monoisotopic (exact) mass is 284 g/mol.